The first-order chi connectivity index (χ1) is 7.75. The van der Waals surface area contributed by atoms with Crippen molar-refractivity contribution >= 4 is 28.8 Å². The van der Waals surface area contributed by atoms with Gasteiger partial charge in [0.15, 0.2) is 0 Å². The zero-order valence-corrected chi connectivity index (χ0v) is 10.6. The van der Waals surface area contributed by atoms with Crippen LogP contribution in [-0.4, -0.2) is 18.6 Å². The molecule has 0 aliphatic carbocycles. The Bertz CT molecular complexity index is 442. The van der Waals surface area contributed by atoms with E-state index in [4.69, 9.17) is 11.6 Å². The van der Waals surface area contributed by atoms with Crippen LogP contribution in [0.15, 0.2) is 35.7 Å². The fourth-order valence-electron chi connectivity index (χ4n) is 1.46. The molecule has 0 amide bonds. The summed E-state index contributed by atoms with van der Waals surface area (Å²) in [6.45, 7) is 0.952. The van der Waals surface area contributed by atoms with E-state index in [9.17, 15) is 0 Å². The maximum Gasteiger partial charge on any atom is 0.131 e. The van der Waals surface area contributed by atoms with Crippen LogP contribution in [0, 0.1) is 0 Å². The minimum atomic E-state index is 0.542. The van der Waals surface area contributed by atoms with Crippen LogP contribution in [0.5, 0.6) is 0 Å². The third-order valence-corrected chi connectivity index (χ3v) is 3.51. The first-order valence-electron chi connectivity index (χ1n) is 5.12. The first kappa shape index (κ1) is 11.4. The maximum atomic E-state index is 5.85. The molecule has 0 saturated carbocycles. The number of hydrogen-bond donors (Lipinski definition) is 0. The Morgan fingerprint density at radius 1 is 1.31 bits per heavy atom. The largest absolute Gasteiger partial charge is 0.359 e. The molecule has 16 heavy (non-hydrogen) atoms. The third-order valence-electron chi connectivity index (χ3n) is 2.37. The van der Waals surface area contributed by atoms with E-state index in [1.807, 2.05) is 19.2 Å². The summed E-state index contributed by atoms with van der Waals surface area (Å²) in [6.07, 6.45) is 1.04. The summed E-state index contributed by atoms with van der Waals surface area (Å²) in [4.78, 5) is 7.78. The smallest absolute Gasteiger partial charge is 0.131 e. The van der Waals surface area contributed by atoms with Crippen LogP contribution in [0.2, 0.25) is 5.15 Å². The molecule has 0 aliphatic heterocycles. The summed E-state index contributed by atoms with van der Waals surface area (Å²) in [5.41, 5.74) is 0. The van der Waals surface area contributed by atoms with E-state index in [1.165, 1.54) is 4.88 Å². The predicted molar refractivity (Wildman–Crippen MR) is 70.5 cm³/mol. The van der Waals surface area contributed by atoms with Gasteiger partial charge in [-0.15, -0.1) is 11.3 Å². The van der Waals surface area contributed by atoms with Crippen LogP contribution in [0.4, 0.5) is 5.82 Å². The quantitative estimate of drug-likeness (QED) is 0.775. The van der Waals surface area contributed by atoms with Crippen LogP contribution < -0.4 is 4.90 Å². The van der Waals surface area contributed by atoms with Crippen molar-refractivity contribution in [3.63, 3.8) is 0 Å². The van der Waals surface area contributed by atoms with Crippen LogP contribution >= 0.6 is 22.9 Å². The molecule has 0 aliphatic rings. The summed E-state index contributed by atoms with van der Waals surface area (Å²) < 4.78 is 0. The van der Waals surface area contributed by atoms with E-state index >= 15 is 0 Å². The van der Waals surface area contributed by atoms with Gasteiger partial charge in [0.2, 0.25) is 0 Å². The van der Waals surface area contributed by atoms with E-state index < -0.39 is 0 Å². The van der Waals surface area contributed by atoms with Gasteiger partial charge >= 0.3 is 0 Å². The predicted octanol–water partition coefficient (Wildman–Crippen LogP) is 3.48. The molecule has 0 fully saturated rings. The van der Waals surface area contributed by atoms with Gasteiger partial charge in [-0.1, -0.05) is 23.7 Å². The van der Waals surface area contributed by atoms with Crippen molar-refractivity contribution in [2.24, 2.45) is 0 Å². The number of hydrogen-bond acceptors (Lipinski definition) is 3. The van der Waals surface area contributed by atoms with Crippen LogP contribution in [0.25, 0.3) is 0 Å². The number of aromatic nitrogens is 1. The summed E-state index contributed by atoms with van der Waals surface area (Å²) >= 11 is 7.64. The highest BCUT2D eigenvalue weighted by Crippen LogP contribution is 2.15. The zero-order chi connectivity index (χ0) is 11.4. The summed E-state index contributed by atoms with van der Waals surface area (Å²) in [7, 11) is 2.03. The van der Waals surface area contributed by atoms with E-state index in [0.717, 1.165) is 18.8 Å². The monoisotopic (exact) mass is 252 g/mol. The van der Waals surface area contributed by atoms with Gasteiger partial charge in [0.25, 0.3) is 0 Å². The second-order valence-electron chi connectivity index (χ2n) is 3.57. The van der Waals surface area contributed by atoms with Gasteiger partial charge in [-0.05, 0) is 30.0 Å². The molecule has 4 heteroatoms. The first-order valence-corrected chi connectivity index (χ1v) is 6.37. The molecular weight excluding hydrogens is 240 g/mol. The van der Waals surface area contributed by atoms with Crippen molar-refractivity contribution in [3.8, 4) is 0 Å². The lowest BCUT2D eigenvalue weighted by Crippen LogP contribution is -2.20. The Morgan fingerprint density at radius 2 is 2.19 bits per heavy atom. The zero-order valence-electron chi connectivity index (χ0n) is 9.06. The molecule has 2 aromatic rings. The lowest BCUT2D eigenvalue weighted by molar-refractivity contribution is 0.869. The molecular formula is C12H13ClN2S. The number of nitrogens with zero attached hydrogens (tertiary/aromatic N) is 2. The molecule has 2 nitrogen and oxygen atoms in total. The number of anilines is 1. The normalized spacial score (nSPS) is 10.4. The van der Waals surface area contributed by atoms with Crippen molar-refractivity contribution in [2.75, 3.05) is 18.5 Å². The molecule has 0 atom stereocenters. The second-order valence-corrected chi connectivity index (χ2v) is 4.99. The van der Waals surface area contributed by atoms with Crippen molar-refractivity contribution in [1.29, 1.82) is 0 Å². The van der Waals surface area contributed by atoms with Crippen molar-refractivity contribution < 1.29 is 0 Å². The molecule has 0 aromatic carbocycles. The highest BCUT2D eigenvalue weighted by Gasteiger charge is 2.03. The summed E-state index contributed by atoms with van der Waals surface area (Å²) in [5.74, 6) is 0.920. The van der Waals surface area contributed by atoms with Gasteiger partial charge in [0.1, 0.15) is 11.0 Å². The van der Waals surface area contributed by atoms with Crippen molar-refractivity contribution in [3.05, 3.63) is 45.7 Å². The third kappa shape index (κ3) is 2.97. The van der Waals surface area contributed by atoms with Gasteiger partial charge < -0.3 is 4.90 Å². The molecule has 0 saturated heterocycles. The Hall–Kier alpha value is -1.06. The van der Waals surface area contributed by atoms with Crippen LogP contribution in [0.3, 0.4) is 0 Å². The molecule has 0 unspecified atom stereocenters. The average Bonchev–Trinajstić information content (AvgIpc) is 2.78. The maximum absolute atomic E-state index is 5.85. The Morgan fingerprint density at radius 3 is 2.88 bits per heavy atom. The molecule has 84 valence electrons. The van der Waals surface area contributed by atoms with Crippen molar-refractivity contribution in [2.45, 2.75) is 6.42 Å². The number of likely N-dealkylation sites (N-methyl/N-ethyl adjacent to an activating group) is 1. The second kappa shape index (κ2) is 5.32. The number of pyridine rings is 1. The molecule has 0 spiro atoms. The average molecular weight is 253 g/mol. The SMILES string of the molecule is CN(CCc1cccs1)c1cccc(Cl)n1. The lowest BCUT2D eigenvalue weighted by atomic mass is 10.3. The molecule has 2 aromatic heterocycles. The van der Waals surface area contributed by atoms with Crippen LogP contribution in [0.1, 0.15) is 4.88 Å². The van der Waals surface area contributed by atoms with Gasteiger partial charge in [-0.3, -0.25) is 0 Å². The van der Waals surface area contributed by atoms with Gasteiger partial charge in [-0.2, -0.15) is 0 Å². The standard InChI is InChI=1S/C12H13ClN2S/c1-15(8-7-10-4-3-9-16-10)12-6-2-5-11(13)14-12/h2-6,9H,7-8H2,1H3. The minimum absolute atomic E-state index is 0.542. The van der Waals surface area contributed by atoms with E-state index in [2.05, 4.69) is 27.4 Å². The Kier molecular flexibility index (Phi) is 3.80. The molecule has 0 radical (unpaired) electrons. The van der Waals surface area contributed by atoms with Gasteiger partial charge in [0, 0.05) is 18.5 Å². The summed E-state index contributed by atoms with van der Waals surface area (Å²) in [5, 5.41) is 2.65. The Balaban J connectivity index is 1.95. The molecule has 2 rings (SSSR count). The van der Waals surface area contributed by atoms with E-state index in [0.29, 0.717) is 5.15 Å². The number of rotatable bonds is 4. The lowest BCUT2D eigenvalue weighted by Gasteiger charge is -2.17. The Labute approximate surface area is 105 Å². The fourth-order valence-corrected chi connectivity index (χ4v) is 2.31. The minimum Gasteiger partial charge on any atom is -0.359 e. The number of halogens is 1. The molecule has 0 bridgehead atoms. The molecule has 0 N–H and O–H groups in total. The van der Waals surface area contributed by atoms with E-state index in [1.54, 1.807) is 17.4 Å². The van der Waals surface area contributed by atoms with Crippen molar-refractivity contribution in [1.82, 2.24) is 4.98 Å². The summed E-state index contributed by atoms with van der Waals surface area (Å²) in [6, 6.07) is 9.92. The topological polar surface area (TPSA) is 16.1 Å². The number of thiophene rings is 1. The van der Waals surface area contributed by atoms with Gasteiger partial charge in [0.05, 0.1) is 0 Å². The van der Waals surface area contributed by atoms with E-state index in [-0.39, 0.29) is 0 Å². The highest BCUT2D eigenvalue weighted by molar-refractivity contribution is 7.09. The fraction of sp³-hybridized carbons (Fsp3) is 0.250. The van der Waals surface area contributed by atoms with Crippen LogP contribution in [-0.2, 0) is 6.42 Å². The molecule has 2 heterocycles. The van der Waals surface area contributed by atoms with Gasteiger partial charge in [-0.25, -0.2) is 4.98 Å². The highest BCUT2D eigenvalue weighted by atomic mass is 35.5.